The number of nitrogens with two attached hydrogens (primary N) is 1. The van der Waals surface area contributed by atoms with Crippen LogP contribution in [0.5, 0.6) is 0 Å². The van der Waals surface area contributed by atoms with Gasteiger partial charge in [0.1, 0.15) is 0 Å². The van der Waals surface area contributed by atoms with E-state index in [0.29, 0.717) is 6.04 Å². The molecule has 1 heteroatoms. The fourth-order valence-electron chi connectivity index (χ4n) is 3.19. The molecule has 1 unspecified atom stereocenters. The molecule has 100 valence electrons. The molecular weight excluding hydrogens is 218 g/mol. The summed E-state index contributed by atoms with van der Waals surface area (Å²) >= 11 is 0. The van der Waals surface area contributed by atoms with Gasteiger partial charge in [-0.25, -0.2) is 0 Å². The van der Waals surface area contributed by atoms with Crippen molar-refractivity contribution in [3.8, 4) is 0 Å². The molecule has 1 aliphatic carbocycles. The Morgan fingerprint density at radius 3 is 2.44 bits per heavy atom. The quantitative estimate of drug-likeness (QED) is 0.789. The molecular formula is C17H27N. The summed E-state index contributed by atoms with van der Waals surface area (Å²) in [6.45, 7) is 2.20. The van der Waals surface area contributed by atoms with Crippen molar-refractivity contribution in [1.82, 2.24) is 0 Å². The maximum atomic E-state index is 6.42. The molecule has 0 aliphatic heterocycles. The lowest BCUT2D eigenvalue weighted by Gasteiger charge is -2.22. The standard InChI is InChI=1S/C17H27N/c1-14-8-6-7-9-15(14)12-13-17(18)16-10-4-2-3-5-11-16/h6-9,16-17H,2-5,10-13,18H2,1H3. The van der Waals surface area contributed by atoms with Crippen LogP contribution >= 0.6 is 0 Å². The van der Waals surface area contributed by atoms with Gasteiger partial charge in [0.05, 0.1) is 0 Å². The zero-order valence-electron chi connectivity index (χ0n) is 11.7. The number of rotatable bonds is 4. The highest BCUT2D eigenvalue weighted by Gasteiger charge is 2.19. The first-order valence-electron chi connectivity index (χ1n) is 7.57. The van der Waals surface area contributed by atoms with E-state index in [1.54, 1.807) is 0 Å². The molecule has 1 nitrogen and oxygen atoms in total. The molecule has 0 aromatic heterocycles. The summed E-state index contributed by atoms with van der Waals surface area (Å²) in [6, 6.07) is 9.10. The second kappa shape index (κ2) is 6.94. The molecule has 0 amide bonds. The van der Waals surface area contributed by atoms with Gasteiger partial charge in [0, 0.05) is 6.04 Å². The van der Waals surface area contributed by atoms with Crippen LogP contribution in [0.3, 0.4) is 0 Å². The topological polar surface area (TPSA) is 26.0 Å². The van der Waals surface area contributed by atoms with E-state index in [1.165, 1.54) is 49.7 Å². The molecule has 0 radical (unpaired) electrons. The largest absolute Gasteiger partial charge is 0.327 e. The normalized spacial score (nSPS) is 19.4. The summed E-state index contributed by atoms with van der Waals surface area (Å²) in [5.41, 5.74) is 9.30. The van der Waals surface area contributed by atoms with Crippen molar-refractivity contribution in [2.75, 3.05) is 0 Å². The van der Waals surface area contributed by atoms with Crippen LogP contribution < -0.4 is 5.73 Å². The fourth-order valence-corrected chi connectivity index (χ4v) is 3.19. The molecule has 1 aromatic rings. The Balaban J connectivity index is 1.83. The van der Waals surface area contributed by atoms with E-state index in [-0.39, 0.29) is 0 Å². The first-order valence-corrected chi connectivity index (χ1v) is 7.57. The summed E-state index contributed by atoms with van der Waals surface area (Å²) in [7, 11) is 0. The minimum absolute atomic E-state index is 0.405. The number of hydrogen-bond donors (Lipinski definition) is 1. The van der Waals surface area contributed by atoms with Gasteiger partial charge in [-0.2, -0.15) is 0 Å². The highest BCUT2D eigenvalue weighted by atomic mass is 14.6. The van der Waals surface area contributed by atoms with Crippen molar-refractivity contribution in [3.63, 3.8) is 0 Å². The molecule has 0 spiro atoms. The van der Waals surface area contributed by atoms with Crippen molar-refractivity contribution in [3.05, 3.63) is 35.4 Å². The van der Waals surface area contributed by atoms with Gasteiger partial charge >= 0.3 is 0 Å². The van der Waals surface area contributed by atoms with E-state index in [1.807, 2.05) is 0 Å². The minimum Gasteiger partial charge on any atom is -0.327 e. The van der Waals surface area contributed by atoms with Crippen LogP contribution in [0.15, 0.2) is 24.3 Å². The van der Waals surface area contributed by atoms with E-state index < -0.39 is 0 Å². The minimum atomic E-state index is 0.405. The van der Waals surface area contributed by atoms with Gasteiger partial charge in [0.15, 0.2) is 0 Å². The van der Waals surface area contributed by atoms with Gasteiger partial charge in [-0.15, -0.1) is 0 Å². The molecule has 1 aliphatic rings. The van der Waals surface area contributed by atoms with E-state index >= 15 is 0 Å². The van der Waals surface area contributed by atoms with E-state index in [0.717, 1.165) is 18.8 Å². The average molecular weight is 245 g/mol. The second-order valence-corrected chi connectivity index (χ2v) is 5.88. The van der Waals surface area contributed by atoms with Gasteiger partial charge in [-0.3, -0.25) is 0 Å². The van der Waals surface area contributed by atoms with E-state index in [2.05, 4.69) is 31.2 Å². The SMILES string of the molecule is Cc1ccccc1CCC(N)C1CCCCCC1. The maximum absolute atomic E-state index is 6.42. The molecule has 18 heavy (non-hydrogen) atoms. The van der Waals surface area contributed by atoms with Crippen molar-refractivity contribution in [2.45, 2.75) is 64.3 Å². The van der Waals surface area contributed by atoms with Crippen LogP contribution in [0, 0.1) is 12.8 Å². The lowest BCUT2D eigenvalue weighted by atomic mass is 9.88. The third kappa shape index (κ3) is 3.84. The van der Waals surface area contributed by atoms with Crippen LogP contribution in [-0.4, -0.2) is 6.04 Å². The zero-order valence-corrected chi connectivity index (χ0v) is 11.7. The Labute approximate surface area is 112 Å². The Hall–Kier alpha value is -0.820. The summed E-state index contributed by atoms with van der Waals surface area (Å²) in [5.74, 6) is 0.775. The molecule has 1 aromatic carbocycles. The monoisotopic (exact) mass is 245 g/mol. The van der Waals surface area contributed by atoms with Crippen LogP contribution in [0.2, 0.25) is 0 Å². The van der Waals surface area contributed by atoms with Crippen LogP contribution in [0.1, 0.15) is 56.1 Å². The van der Waals surface area contributed by atoms with E-state index in [4.69, 9.17) is 5.73 Å². The predicted octanol–water partition coefficient (Wildman–Crippen LogP) is 4.23. The molecule has 2 rings (SSSR count). The molecule has 1 fully saturated rings. The number of benzene rings is 1. The first kappa shape index (κ1) is 13.6. The van der Waals surface area contributed by atoms with Crippen LogP contribution in [-0.2, 0) is 6.42 Å². The maximum Gasteiger partial charge on any atom is 0.00703 e. The van der Waals surface area contributed by atoms with Crippen LogP contribution in [0.25, 0.3) is 0 Å². The highest BCUT2D eigenvalue weighted by Crippen LogP contribution is 2.26. The summed E-state index contributed by atoms with van der Waals surface area (Å²) < 4.78 is 0. The fraction of sp³-hybridized carbons (Fsp3) is 0.647. The van der Waals surface area contributed by atoms with Crippen molar-refractivity contribution in [1.29, 1.82) is 0 Å². The average Bonchev–Trinajstić information content (AvgIpc) is 2.66. The zero-order chi connectivity index (χ0) is 12.8. The molecule has 1 atom stereocenters. The summed E-state index contributed by atoms with van der Waals surface area (Å²) in [5, 5.41) is 0. The summed E-state index contributed by atoms with van der Waals surface area (Å²) in [6.07, 6.45) is 10.6. The third-order valence-corrected chi connectivity index (χ3v) is 4.51. The Kier molecular flexibility index (Phi) is 5.25. The van der Waals surface area contributed by atoms with Crippen molar-refractivity contribution < 1.29 is 0 Å². The lowest BCUT2D eigenvalue weighted by molar-refractivity contribution is 0.359. The third-order valence-electron chi connectivity index (χ3n) is 4.51. The Morgan fingerprint density at radius 1 is 1.11 bits per heavy atom. The molecule has 1 saturated carbocycles. The molecule has 0 saturated heterocycles. The Morgan fingerprint density at radius 2 is 1.78 bits per heavy atom. The number of aryl methyl sites for hydroxylation is 2. The lowest BCUT2D eigenvalue weighted by Crippen LogP contribution is -2.30. The predicted molar refractivity (Wildman–Crippen MR) is 78.7 cm³/mol. The Bertz CT molecular complexity index is 350. The van der Waals surface area contributed by atoms with E-state index in [9.17, 15) is 0 Å². The molecule has 2 N–H and O–H groups in total. The van der Waals surface area contributed by atoms with Gasteiger partial charge in [-0.1, -0.05) is 49.9 Å². The first-order chi connectivity index (χ1) is 8.77. The van der Waals surface area contributed by atoms with Crippen LogP contribution in [0.4, 0.5) is 0 Å². The second-order valence-electron chi connectivity index (χ2n) is 5.88. The van der Waals surface area contributed by atoms with Gasteiger partial charge in [-0.05, 0) is 49.7 Å². The van der Waals surface area contributed by atoms with Gasteiger partial charge in [0.25, 0.3) is 0 Å². The number of hydrogen-bond acceptors (Lipinski definition) is 1. The van der Waals surface area contributed by atoms with Crippen molar-refractivity contribution >= 4 is 0 Å². The summed E-state index contributed by atoms with van der Waals surface area (Å²) in [4.78, 5) is 0. The smallest absolute Gasteiger partial charge is 0.00703 e. The molecule has 0 heterocycles. The molecule has 0 bridgehead atoms. The van der Waals surface area contributed by atoms with Gasteiger partial charge in [0.2, 0.25) is 0 Å². The van der Waals surface area contributed by atoms with Gasteiger partial charge < -0.3 is 5.73 Å². The van der Waals surface area contributed by atoms with Crippen molar-refractivity contribution in [2.24, 2.45) is 11.7 Å². The highest BCUT2D eigenvalue weighted by molar-refractivity contribution is 5.25.